The summed E-state index contributed by atoms with van der Waals surface area (Å²) < 4.78 is 0. The summed E-state index contributed by atoms with van der Waals surface area (Å²) in [5, 5.41) is 11.8. The summed E-state index contributed by atoms with van der Waals surface area (Å²) >= 11 is 0. The largest absolute Gasteiger partial charge is 0.508 e. The molecule has 1 rings (SSSR count). The van der Waals surface area contributed by atoms with Crippen molar-refractivity contribution < 1.29 is 9.90 Å². The highest BCUT2D eigenvalue weighted by Gasteiger charge is 2.01. The third-order valence-corrected chi connectivity index (χ3v) is 2.13. The van der Waals surface area contributed by atoms with Crippen molar-refractivity contribution in [1.29, 1.82) is 0 Å². The molecule has 0 aliphatic carbocycles. The molecule has 0 aliphatic rings. The second-order valence-corrected chi connectivity index (χ2v) is 3.51. The fraction of sp³-hybridized carbons (Fsp3) is 0.308. The molecule has 16 heavy (non-hydrogen) atoms. The van der Waals surface area contributed by atoms with Gasteiger partial charge in [0.25, 0.3) is 0 Å². The van der Waals surface area contributed by atoms with Gasteiger partial charge in [0, 0.05) is 18.5 Å². The number of unbranched alkanes of at least 4 members (excludes halogenated alkanes) is 2. The summed E-state index contributed by atoms with van der Waals surface area (Å²) in [5.74, 6) is 2.70. The van der Waals surface area contributed by atoms with Crippen LogP contribution in [0.2, 0.25) is 0 Å². The van der Waals surface area contributed by atoms with Gasteiger partial charge < -0.3 is 10.4 Å². The van der Waals surface area contributed by atoms with Crippen LogP contribution in [0, 0.1) is 12.3 Å². The van der Waals surface area contributed by atoms with Gasteiger partial charge in [0.2, 0.25) is 5.91 Å². The molecular formula is C13H15NO2. The van der Waals surface area contributed by atoms with E-state index in [0.29, 0.717) is 18.5 Å². The Kier molecular flexibility index (Phi) is 4.94. The van der Waals surface area contributed by atoms with E-state index in [1.54, 1.807) is 12.1 Å². The number of aromatic hydroxyl groups is 1. The second-order valence-electron chi connectivity index (χ2n) is 3.51. The van der Waals surface area contributed by atoms with Crippen LogP contribution in [0.5, 0.6) is 5.75 Å². The molecule has 0 heterocycles. The zero-order valence-electron chi connectivity index (χ0n) is 9.07. The van der Waals surface area contributed by atoms with Crippen LogP contribution in [-0.2, 0) is 4.79 Å². The first-order chi connectivity index (χ1) is 7.72. The van der Waals surface area contributed by atoms with E-state index in [-0.39, 0.29) is 11.7 Å². The minimum Gasteiger partial charge on any atom is -0.508 e. The van der Waals surface area contributed by atoms with Crippen LogP contribution in [0.4, 0.5) is 5.69 Å². The van der Waals surface area contributed by atoms with Gasteiger partial charge in [-0.3, -0.25) is 4.79 Å². The van der Waals surface area contributed by atoms with Gasteiger partial charge in [-0.25, -0.2) is 0 Å². The summed E-state index contributed by atoms with van der Waals surface area (Å²) in [6.45, 7) is 0. The van der Waals surface area contributed by atoms with Crippen molar-refractivity contribution in [1.82, 2.24) is 0 Å². The van der Waals surface area contributed by atoms with Crippen molar-refractivity contribution in [2.45, 2.75) is 25.7 Å². The average Bonchev–Trinajstić information content (AvgIpc) is 2.28. The maximum absolute atomic E-state index is 11.4. The van der Waals surface area contributed by atoms with E-state index in [4.69, 9.17) is 11.5 Å². The van der Waals surface area contributed by atoms with Crippen LogP contribution < -0.4 is 5.32 Å². The maximum Gasteiger partial charge on any atom is 0.224 e. The highest BCUT2D eigenvalue weighted by molar-refractivity contribution is 5.90. The van der Waals surface area contributed by atoms with E-state index >= 15 is 0 Å². The van der Waals surface area contributed by atoms with E-state index in [1.165, 1.54) is 12.1 Å². The number of amides is 1. The summed E-state index contributed by atoms with van der Waals surface area (Å²) in [7, 11) is 0. The molecule has 84 valence electrons. The number of benzene rings is 1. The molecule has 3 heteroatoms. The van der Waals surface area contributed by atoms with E-state index in [9.17, 15) is 4.79 Å². The predicted octanol–water partition coefficient (Wildman–Crippen LogP) is 2.52. The van der Waals surface area contributed by atoms with Gasteiger partial charge >= 0.3 is 0 Å². The topological polar surface area (TPSA) is 49.3 Å². The van der Waals surface area contributed by atoms with Gasteiger partial charge in [-0.05, 0) is 37.1 Å². The molecule has 0 aliphatic heterocycles. The molecular weight excluding hydrogens is 202 g/mol. The fourth-order valence-electron chi connectivity index (χ4n) is 1.28. The lowest BCUT2D eigenvalue weighted by Gasteiger charge is -2.04. The standard InChI is InChI=1S/C13H15NO2/c1-2-3-4-5-6-13(16)14-11-7-9-12(15)10-8-11/h1,7-10,15H,3-6H2,(H,14,16). The normalized spacial score (nSPS) is 9.44. The molecule has 2 N–H and O–H groups in total. The van der Waals surface area contributed by atoms with Crippen LogP contribution >= 0.6 is 0 Å². The number of hydrogen-bond acceptors (Lipinski definition) is 2. The van der Waals surface area contributed by atoms with Crippen molar-refractivity contribution in [3.8, 4) is 18.1 Å². The Labute approximate surface area is 95.5 Å². The first kappa shape index (κ1) is 12.1. The summed E-state index contributed by atoms with van der Waals surface area (Å²) in [6, 6.07) is 6.39. The lowest BCUT2D eigenvalue weighted by Crippen LogP contribution is -2.10. The Balaban J connectivity index is 2.29. The van der Waals surface area contributed by atoms with E-state index < -0.39 is 0 Å². The Morgan fingerprint density at radius 2 is 2.00 bits per heavy atom. The number of carbonyl (C=O) groups is 1. The zero-order valence-corrected chi connectivity index (χ0v) is 9.07. The Morgan fingerprint density at radius 1 is 1.31 bits per heavy atom. The molecule has 0 fully saturated rings. The molecule has 0 radical (unpaired) electrons. The van der Waals surface area contributed by atoms with Crippen molar-refractivity contribution in [2.24, 2.45) is 0 Å². The lowest BCUT2D eigenvalue weighted by molar-refractivity contribution is -0.116. The number of rotatable bonds is 5. The number of phenols is 1. The van der Waals surface area contributed by atoms with Gasteiger partial charge in [-0.2, -0.15) is 0 Å². The SMILES string of the molecule is C#CCCCCC(=O)Nc1ccc(O)cc1. The molecule has 1 aromatic carbocycles. The fourth-order valence-corrected chi connectivity index (χ4v) is 1.28. The number of anilines is 1. The number of phenolic OH excluding ortho intramolecular Hbond substituents is 1. The number of hydrogen-bond donors (Lipinski definition) is 2. The quantitative estimate of drug-likeness (QED) is 0.452. The number of nitrogens with one attached hydrogen (secondary N) is 1. The third-order valence-electron chi connectivity index (χ3n) is 2.13. The predicted molar refractivity (Wildman–Crippen MR) is 64.0 cm³/mol. The summed E-state index contributed by atoms with van der Waals surface area (Å²) in [4.78, 5) is 11.4. The summed E-state index contributed by atoms with van der Waals surface area (Å²) in [6.07, 6.45) is 7.97. The van der Waals surface area contributed by atoms with Crippen molar-refractivity contribution in [2.75, 3.05) is 5.32 Å². The highest BCUT2D eigenvalue weighted by Crippen LogP contribution is 2.14. The van der Waals surface area contributed by atoms with Gasteiger partial charge in [0.1, 0.15) is 5.75 Å². The third kappa shape index (κ3) is 4.52. The minimum absolute atomic E-state index is 0.0253. The molecule has 0 saturated heterocycles. The second kappa shape index (κ2) is 6.52. The molecule has 3 nitrogen and oxygen atoms in total. The molecule has 0 bridgehead atoms. The number of carbonyl (C=O) groups excluding carboxylic acids is 1. The lowest BCUT2D eigenvalue weighted by atomic mass is 10.2. The maximum atomic E-state index is 11.4. The molecule has 1 amide bonds. The first-order valence-electron chi connectivity index (χ1n) is 5.24. The summed E-state index contributed by atoms with van der Waals surface area (Å²) in [5.41, 5.74) is 0.694. The minimum atomic E-state index is -0.0253. The molecule has 0 atom stereocenters. The molecule has 0 aromatic heterocycles. The Hall–Kier alpha value is -1.95. The number of terminal acetylenes is 1. The molecule has 0 unspecified atom stereocenters. The van der Waals surface area contributed by atoms with Crippen LogP contribution in [0.3, 0.4) is 0 Å². The molecule has 1 aromatic rings. The first-order valence-corrected chi connectivity index (χ1v) is 5.24. The zero-order chi connectivity index (χ0) is 11.8. The Bertz CT molecular complexity index is 376. The van der Waals surface area contributed by atoms with Gasteiger partial charge in [0.15, 0.2) is 0 Å². The average molecular weight is 217 g/mol. The van der Waals surface area contributed by atoms with Gasteiger partial charge in [0.05, 0.1) is 0 Å². The van der Waals surface area contributed by atoms with Crippen LogP contribution in [-0.4, -0.2) is 11.0 Å². The van der Waals surface area contributed by atoms with Crippen molar-refractivity contribution in [3.05, 3.63) is 24.3 Å². The molecule has 0 saturated carbocycles. The Morgan fingerprint density at radius 3 is 2.62 bits per heavy atom. The van der Waals surface area contributed by atoms with Gasteiger partial charge in [-0.1, -0.05) is 0 Å². The van der Waals surface area contributed by atoms with Crippen LogP contribution in [0.25, 0.3) is 0 Å². The smallest absolute Gasteiger partial charge is 0.224 e. The molecule has 0 spiro atoms. The van der Waals surface area contributed by atoms with E-state index in [0.717, 1.165) is 12.8 Å². The highest BCUT2D eigenvalue weighted by atomic mass is 16.3. The monoisotopic (exact) mass is 217 g/mol. The van der Waals surface area contributed by atoms with Crippen LogP contribution in [0.1, 0.15) is 25.7 Å². The van der Waals surface area contributed by atoms with E-state index in [1.807, 2.05) is 0 Å². The van der Waals surface area contributed by atoms with Crippen molar-refractivity contribution in [3.63, 3.8) is 0 Å². The van der Waals surface area contributed by atoms with Crippen molar-refractivity contribution >= 4 is 11.6 Å². The van der Waals surface area contributed by atoms with Gasteiger partial charge in [-0.15, -0.1) is 12.3 Å². The van der Waals surface area contributed by atoms with Crippen LogP contribution in [0.15, 0.2) is 24.3 Å². The van der Waals surface area contributed by atoms with E-state index in [2.05, 4.69) is 11.2 Å².